The lowest BCUT2D eigenvalue weighted by atomic mass is 10.2. The van der Waals surface area contributed by atoms with Gasteiger partial charge in [-0.25, -0.2) is 4.39 Å². The molecule has 0 N–H and O–H groups in total. The lowest BCUT2D eigenvalue weighted by Crippen LogP contribution is -2.24. The maximum Gasteiger partial charge on any atom is 0.129 e. The molecule has 0 aliphatic carbocycles. The largest absolute Gasteiger partial charge is 0.301 e. The predicted octanol–water partition coefficient (Wildman–Crippen LogP) is 3.69. The number of nitrogens with zero attached hydrogens (tertiary/aromatic N) is 1. The average molecular weight is 295 g/mol. The zero-order valence-electron chi connectivity index (χ0n) is 8.80. The van der Waals surface area contributed by atoms with Gasteiger partial charge in [0.15, 0.2) is 0 Å². The molecule has 0 bridgehead atoms. The minimum Gasteiger partial charge on any atom is -0.301 e. The third-order valence-electron chi connectivity index (χ3n) is 2.05. The smallest absolute Gasteiger partial charge is 0.129 e. The van der Waals surface area contributed by atoms with Crippen LogP contribution in [0.15, 0.2) is 18.2 Å². The number of hydrogen-bond acceptors (Lipinski definition) is 1. The Bertz CT molecular complexity index is 310. The highest BCUT2D eigenvalue weighted by molar-refractivity contribution is 9.09. The number of halogens is 3. The van der Waals surface area contributed by atoms with Crippen molar-refractivity contribution in [3.05, 3.63) is 34.6 Å². The van der Waals surface area contributed by atoms with E-state index in [1.54, 1.807) is 12.1 Å². The van der Waals surface area contributed by atoms with Crippen molar-refractivity contribution in [3.8, 4) is 0 Å². The van der Waals surface area contributed by atoms with Crippen LogP contribution in [0.2, 0.25) is 5.02 Å². The average Bonchev–Trinajstić information content (AvgIpc) is 2.10. The van der Waals surface area contributed by atoms with E-state index in [2.05, 4.69) is 22.9 Å². The van der Waals surface area contributed by atoms with Gasteiger partial charge in [0.05, 0.1) is 0 Å². The monoisotopic (exact) mass is 293 g/mol. The van der Waals surface area contributed by atoms with Crippen molar-refractivity contribution in [2.75, 3.05) is 13.6 Å². The highest BCUT2D eigenvalue weighted by Gasteiger charge is 2.10. The molecule has 1 rings (SSSR count). The molecule has 0 aliphatic rings. The summed E-state index contributed by atoms with van der Waals surface area (Å²) in [6, 6.07) is 4.77. The lowest BCUT2D eigenvalue weighted by Gasteiger charge is -2.19. The summed E-state index contributed by atoms with van der Waals surface area (Å²) in [6.45, 7) is 3.44. The highest BCUT2D eigenvalue weighted by atomic mass is 79.9. The van der Waals surface area contributed by atoms with Gasteiger partial charge in [-0.1, -0.05) is 40.5 Å². The fourth-order valence-corrected chi connectivity index (χ4v) is 2.16. The predicted molar refractivity (Wildman–Crippen MR) is 66.1 cm³/mol. The molecule has 1 aromatic rings. The molecule has 1 unspecified atom stereocenters. The van der Waals surface area contributed by atoms with Crippen molar-refractivity contribution < 1.29 is 4.39 Å². The molecule has 4 heteroatoms. The van der Waals surface area contributed by atoms with Crippen molar-refractivity contribution in [2.24, 2.45) is 0 Å². The van der Waals surface area contributed by atoms with Gasteiger partial charge in [-0.05, 0) is 19.2 Å². The quantitative estimate of drug-likeness (QED) is 0.766. The summed E-state index contributed by atoms with van der Waals surface area (Å²) in [6.07, 6.45) is 0. The molecule has 0 saturated heterocycles. The zero-order valence-corrected chi connectivity index (χ0v) is 11.1. The lowest BCUT2D eigenvalue weighted by molar-refractivity contribution is 0.327. The Morgan fingerprint density at radius 2 is 2.20 bits per heavy atom. The Morgan fingerprint density at radius 1 is 1.53 bits per heavy atom. The van der Waals surface area contributed by atoms with E-state index in [0.717, 1.165) is 6.54 Å². The first kappa shape index (κ1) is 12.9. The second-order valence-electron chi connectivity index (χ2n) is 3.68. The molecule has 1 nitrogen and oxygen atoms in total. The second-order valence-corrected chi connectivity index (χ2v) is 5.65. The van der Waals surface area contributed by atoms with Crippen LogP contribution < -0.4 is 0 Å². The number of benzene rings is 1. The van der Waals surface area contributed by atoms with Crippen LogP contribution in [-0.2, 0) is 6.54 Å². The Labute approximate surface area is 103 Å². The van der Waals surface area contributed by atoms with Crippen LogP contribution in [0.4, 0.5) is 4.39 Å². The van der Waals surface area contributed by atoms with E-state index in [9.17, 15) is 4.39 Å². The Morgan fingerprint density at radius 3 is 2.73 bits per heavy atom. The van der Waals surface area contributed by atoms with Crippen LogP contribution in [0.5, 0.6) is 0 Å². The number of rotatable bonds is 4. The van der Waals surface area contributed by atoms with E-state index >= 15 is 0 Å². The summed E-state index contributed by atoms with van der Waals surface area (Å²) in [7, 11) is 1.94. The van der Waals surface area contributed by atoms with E-state index in [1.807, 2.05) is 11.9 Å². The van der Waals surface area contributed by atoms with E-state index in [1.165, 1.54) is 6.07 Å². The summed E-state index contributed by atoms with van der Waals surface area (Å²) in [5, 5.41) is 0.490. The summed E-state index contributed by atoms with van der Waals surface area (Å²) in [5.41, 5.74) is 0.565. The van der Waals surface area contributed by atoms with Crippen molar-refractivity contribution in [1.29, 1.82) is 0 Å². The minimum atomic E-state index is -0.239. The molecule has 0 amide bonds. The molecular weight excluding hydrogens is 280 g/mol. The Hall–Kier alpha value is -0.120. The second kappa shape index (κ2) is 5.83. The van der Waals surface area contributed by atoms with Crippen LogP contribution in [0.3, 0.4) is 0 Å². The van der Waals surface area contributed by atoms with Gasteiger partial charge in [-0.3, -0.25) is 0 Å². The fraction of sp³-hybridized carbons (Fsp3) is 0.455. The SMILES string of the molecule is CC(Br)CN(C)Cc1c(F)cccc1Cl. The minimum absolute atomic E-state index is 0.239. The van der Waals surface area contributed by atoms with E-state index < -0.39 is 0 Å². The molecule has 0 fully saturated rings. The highest BCUT2D eigenvalue weighted by Crippen LogP contribution is 2.20. The van der Waals surface area contributed by atoms with Gasteiger partial charge in [0.1, 0.15) is 5.82 Å². The fourth-order valence-electron chi connectivity index (χ4n) is 1.45. The van der Waals surface area contributed by atoms with Crippen molar-refractivity contribution >= 4 is 27.5 Å². The first-order valence-corrected chi connectivity index (χ1v) is 6.05. The molecule has 0 aromatic heterocycles. The molecule has 0 spiro atoms. The molecule has 15 heavy (non-hydrogen) atoms. The molecule has 0 aliphatic heterocycles. The summed E-state index contributed by atoms with van der Waals surface area (Å²) < 4.78 is 13.4. The van der Waals surface area contributed by atoms with Gasteiger partial charge in [0.2, 0.25) is 0 Å². The molecule has 84 valence electrons. The Kier molecular flexibility index (Phi) is 5.03. The van der Waals surface area contributed by atoms with Gasteiger partial charge >= 0.3 is 0 Å². The number of alkyl halides is 1. The molecular formula is C11H14BrClFN. The van der Waals surface area contributed by atoms with E-state index in [-0.39, 0.29) is 5.82 Å². The maximum absolute atomic E-state index is 13.4. The third kappa shape index (κ3) is 4.09. The van der Waals surface area contributed by atoms with Crippen molar-refractivity contribution in [1.82, 2.24) is 4.90 Å². The first-order chi connectivity index (χ1) is 7.00. The standard InChI is InChI=1S/C11H14BrClFN/c1-8(12)6-15(2)7-9-10(13)4-3-5-11(9)14/h3-5,8H,6-7H2,1-2H3. The first-order valence-electron chi connectivity index (χ1n) is 4.76. The van der Waals surface area contributed by atoms with E-state index in [0.29, 0.717) is 22.0 Å². The summed E-state index contributed by atoms with van der Waals surface area (Å²) in [5.74, 6) is -0.239. The van der Waals surface area contributed by atoms with Gasteiger partial charge in [-0.2, -0.15) is 0 Å². The zero-order chi connectivity index (χ0) is 11.4. The molecule has 0 saturated carbocycles. The van der Waals surface area contributed by atoms with Crippen LogP contribution in [0.1, 0.15) is 12.5 Å². The number of hydrogen-bond donors (Lipinski definition) is 0. The Balaban J connectivity index is 2.71. The van der Waals surface area contributed by atoms with Crippen LogP contribution in [0, 0.1) is 5.82 Å². The molecule has 0 radical (unpaired) electrons. The topological polar surface area (TPSA) is 3.24 Å². The maximum atomic E-state index is 13.4. The molecule has 0 heterocycles. The normalized spacial score (nSPS) is 13.2. The summed E-state index contributed by atoms with van der Waals surface area (Å²) >= 11 is 9.39. The van der Waals surface area contributed by atoms with Crippen molar-refractivity contribution in [3.63, 3.8) is 0 Å². The van der Waals surface area contributed by atoms with Gasteiger partial charge in [0, 0.05) is 28.5 Å². The van der Waals surface area contributed by atoms with Crippen LogP contribution in [-0.4, -0.2) is 23.3 Å². The molecule has 1 atom stereocenters. The molecule has 1 aromatic carbocycles. The van der Waals surface area contributed by atoms with E-state index in [4.69, 9.17) is 11.6 Å². The van der Waals surface area contributed by atoms with Crippen molar-refractivity contribution in [2.45, 2.75) is 18.3 Å². The van der Waals surface area contributed by atoms with Crippen LogP contribution in [0.25, 0.3) is 0 Å². The third-order valence-corrected chi connectivity index (χ3v) is 2.70. The van der Waals surface area contributed by atoms with Crippen LogP contribution >= 0.6 is 27.5 Å². The summed E-state index contributed by atoms with van der Waals surface area (Å²) in [4.78, 5) is 2.41. The van der Waals surface area contributed by atoms with Gasteiger partial charge < -0.3 is 4.90 Å². The van der Waals surface area contributed by atoms with Gasteiger partial charge in [-0.15, -0.1) is 0 Å². The van der Waals surface area contributed by atoms with Gasteiger partial charge in [0.25, 0.3) is 0 Å².